The van der Waals surface area contributed by atoms with Crippen molar-refractivity contribution >= 4 is 17.2 Å². The molecule has 1 aromatic rings. The molecule has 0 aliphatic heterocycles. The highest BCUT2D eigenvalue weighted by Gasteiger charge is 2.08. The smallest absolute Gasteiger partial charge is 0.234 e. The first-order chi connectivity index (χ1) is 8.11. The number of amides is 1. The van der Waals surface area contributed by atoms with Crippen LogP contribution in [0.3, 0.4) is 0 Å². The highest BCUT2D eigenvalue weighted by Crippen LogP contribution is 2.16. The third kappa shape index (κ3) is 5.65. The molecule has 0 aromatic carbocycles. The Balaban J connectivity index is 2.26. The molecule has 0 spiro atoms. The van der Waals surface area contributed by atoms with Crippen molar-refractivity contribution in [2.75, 3.05) is 13.1 Å². The lowest BCUT2D eigenvalue weighted by Crippen LogP contribution is -2.39. The van der Waals surface area contributed by atoms with Crippen LogP contribution < -0.4 is 10.6 Å². The fraction of sp³-hybridized carbons (Fsp3) is 0.462. The third-order valence-electron chi connectivity index (χ3n) is 2.29. The summed E-state index contributed by atoms with van der Waals surface area (Å²) in [6.07, 6.45) is 2.64. The van der Waals surface area contributed by atoms with Gasteiger partial charge in [0.1, 0.15) is 0 Å². The van der Waals surface area contributed by atoms with E-state index in [1.165, 1.54) is 9.75 Å². The van der Waals surface area contributed by atoms with Gasteiger partial charge in [-0.05, 0) is 26.0 Å². The molecule has 3 nitrogen and oxygen atoms in total. The first-order valence-electron chi connectivity index (χ1n) is 5.78. The van der Waals surface area contributed by atoms with Gasteiger partial charge in [0.2, 0.25) is 5.91 Å². The average molecular weight is 252 g/mol. The van der Waals surface area contributed by atoms with Crippen LogP contribution in [-0.2, 0) is 11.2 Å². The van der Waals surface area contributed by atoms with Crippen LogP contribution in [-0.4, -0.2) is 25.0 Å². The van der Waals surface area contributed by atoms with Crippen molar-refractivity contribution in [1.82, 2.24) is 10.6 Å². The first-order valence-corrected chi connectivity index (χ1v) is 6.59. The predicted molar refractivity (Wildman–Crippen MR) is 73.4 cm³/mol. The zero-order valence-corrected chi connectivity index (χ0v) is 11.3. The quantitative estimate of drug-likeness (QED) is 0.574. The Hall–Kier alpha value is -1.13. The summed E-state index contributed by atoms with van der Waals surface area (Å²) in [5, 5.41) is 5.95. The molecule has 0 bridgehead atoms. The minimum atomic E-state index is 0.0348. The van der Waals surface area contributed by atoms with Gasteiger partial charge >= 0.3 is 0 Å². The third-order valence-corrected chi connectivity index (χ3v) is 3.31. The maximum Gasteiger partial charge on any atom is 0.234 e. The number of hydrogen-bond donors (Lipinski definition) is 2. The molecule has 0 radical (unpaired) electrons. The number of nitrogens with one attached hydrogen (secondary N) is 2. The van der Waals surface area contributed by atoms with Gasteiger partial charge in [-0.15, -0.1) is 17.9 Å². The SMILES string of the molecule is C=CCNCC(=O)NC(C)Cc1ccc(C)s1. The highest BCUT2D eigenvalue weighted by atomic mass is 32.1. The Bertz CT molecular complexity index is 373. The van der Waals surface area contributed by atoms with Crippen LogP contribution in [0, 0.1) is 6.92 Å². The number of thiophene rings is 1. The van der Waals surface area contributed by atoms with E-state index >= 15 is 0 Å². The molecule has 4 heteroatoms. The van der Waals surface area contributed by atoms with Gasteiger partial charge in [-0.2, -0.15) is 0 Å². The molecule has 1 aromatic heterocycles. The summed E-state index contributed by atoms with van der Waals surface area (Å²) in [7, 11) is 0. The van der Waals surface area contributed by atoms with Gasteiger partial charge < -0.3 is 10.6 Å². The summed E-state index contributed by atoms with van der Waals surface area (Å²) in [5.74, 6) is 0.0348. The molecule has 0 saturated carbocycles. The van der Waals surface area contributed by atoms with Crippen LogP contribution in [0.1, 0.15) is 16.7 Å². The standard InChI is InChI=1S/C13H20N2OS/c1-4-7-14-9-13(16)15-10(2)8-12-6-5-11(3)17-12/h4-6,10,14H,1,7-9H2,2-3H3,(H,15,16). The Morgan fingerprint density at radius 2 is 2.35 bits per heavy atom. The lowest BCUT2D eigenvalue weighted by Gasteiger charge is -2.13. The largest absolute Gasteiger partial charge is 0.352 e. The van der Waals surface area contributed by atoms with Gasteiger partial charge in [0, 0.05) is 28.8 Å². The fourth-order valence-corrected chi connectivity index (χ4v) is 2.58. The molecule has 1 amide bonds. The van der Waals surface area contributed by atoms with Gasteiger partial charge in [-0.1, -0.05) is 6.08 Å². The van der Waals surface area contributed by atoms with E-state index in [9.17, 15) is 4.79 Å². The zero-order valence-electron chi connectivity index (χ0n) is 10.5. The molecule has 1 unspecified atom stereocenters. The number of aryl methyl sites for hydroxylation is 1. The van der Waals surface area contributed by atoms with E-state index in [0.717, 1.165) is 6.42 Å². The zero-order chi connectivity index (χ0) is 12.7. The lowest BCUT2D eigenvalue weighted by atomic mass is 10.2. The molecule has 1 atom stereocenters. The number of carbonyl (C=O) groups is 1. The summed E-state index contributed by atoms with van der Waals surface area (Å²) >= 11 is 1.78. The van der Waals surface area contributed by atoms with Crippen LogP contribution in [0.15, 0.2) is 24.8 Å². The van der Waals surface area contributed by atoms with Gasteiger partial charge in [-0.25, -0.2) is 0 Å². The summed E-state index contributed by atoms with van der Waals surface area (Å²) in [6.45, 7) is 8.71. The second-order valence-corrected chi connectivity index (χ2v) is 5.48. The lowest BCUT2D eigenvalue weighted by molar-refractivity contribution is -0.120. The molecule has 0 fully saturated rings. The Morgan fingerprint density at radius 3 is 2.94 bits per heavy atom. The normalized spacial score (nSPS) is 12.1. The predicted octanol–water partition coefficient (Wildman–Crippen LogP) is 1.88. The summed E-state index contributed by atoms with van der Waals surface area (Å²) in [5.41, 5.74) is 0. The van der Waals surface area contributed by atoms with Crippen molar-refractivity contribution in [2.24, 2.45) is 0 Å². The molecule has 0 saturated heterocycles. The van der Waals surface area contributed by atoms with Crippen LogP contribution >= 0.6 is 11.3 Å². The van der Waals surface area contributed by atoms with Crippen molar-refractivity contribution in [1.29, 1.82) is 0 Å². The minimum Gasteiger partial charge on any atom is -0.352 e. The molecule has 1 rings (SSSR count). The monoisotopic (exact) mass is 252 g/mol. The molecule has 17 heavy (non-hydrogen) atoms. The molecule has 2 N–H and O–H groups in total. The Morgan fingerprint density at radius 1 is 1.59 bits per heavy atom. The van der Waals surface area contributed by atoms with E-state index in [1.54, 1.807) is 17.4 Å². The first kappa shape index (κ1) is 13.9. The van der Waals surface area contributed by atoms with Gasteiger partial charge in [0.05, 0.1) is 6.54 Å². The molecule has 0 aliphatic carbocycles. The summed E-state index contributed by atoms with van der Waals surface area (Å²) < 4.78 is 0. The minimum absolute atomic E-state index is 0.0348. The van der Waals surface area contributed by atoms with E-state index in [1.807, 2.05) is 6.92 Å². The van der Waals surface area contributed by atoms with E-state index in [-0.39, 0.29) is 11.9 Å². The van der Waals surface area contributed by atoms with E-state index in [4.69, 9.17) is 0 Å². The van der Waals surface area contributed by atoms with Gasteiger partial charge in [0.15, 0.2) is 0 Å². The molecule has 0 aliphatic rings. The number of rotatable bonds is 7. The molecule has 1 heterocycles. The second-order valence-electron chi connectivity index (χ2n) is 4.10. The van der Waals surface area contributed by atoms with E-state index < -0.39 is 0 Å². The maximum absolute atomic E-state index is 11.5. The van der Waals surface area contributed by atoms with Crippen LogP contribution in [0.25, 0.3) is 0 Å². The molecular weight excluding hydrogens is 232 g/mol. The fourth-order valence-electron chi connectivity index (χ4n) is 1.56. The van der Waals surface area contributed by atoms with E-state index in [2.05, 4.69) is 36.3 Å². The van der Waals surface area contributed by atoms with Gasteiger partial charge in [0.25, 0.3) is 0 Å². The second kappa shape index (κ2) is 7.25. The maximum atomic E-state index is 11.5. The van der Waals surface area contributed by atoms with Crippen molar-refractivity contribution in [3.8, 4) is 0 Å². The van der Waals surface area contributed by atoms with E-state index in [0.29, 0.717) is 13.1 Å². The number of hydrogen-bond acceptors (Lipinski definition) is 3. The average Bonchev–Trinajstić information content (AvgIpc) is 2.64. The Labute approximate surface area is 107 Å². The molecule has 94 valence electrons. The van der Waals surface area contributed by atoms with Crippen molar-refractivity contribution in [3.63, 3.8) is 0 Å². The van der Waals surface area contributed by atoms with Crippen molar-refractivity contribution in [3.05, 3.63) is 34.5 Å². The highest BCUT2D eigenvalue weighted by molar-refractivity contribution is 7.11. The van der Waals surface area contributed by atoms with Crippen molar-refractivity contribution < 1.29 is 4.79 Å². The van der Waals surface area contributed by atoms with Crippen LogP contribution in [0.4, 0.5) is 0 Å². The molecular formula is C13H20N2OS. The van der Waals surface area contributed by atoms with Crippen LogP contribution in [0.5, 0.6) is 0 Å². The summed E-state index contributed by atoms with van der Waals surface area (Å²) in [4.78, 5) is 14.1. The summed E-state index contributed by atoms with van der Waals surface area (Å²) in [6, 6.07) is 4.41. The number of carbonyl (C=O) groups excluding carboxylic acids is 1. The van der Waals surface area contributed by atoms with Crippen LogP contribution in [0.2, 0.25) is 0 Å². The van der Waals surface area contributed by atoms with Crippen molar-refractivity contribution in [2.45, 2.75) is 26.3 Å². The topological polar surface area (TPSA) is 41.1 Å². The Kier molecular flexibility index (Phi) is 5.94. The van der Waals surface area contributed by atoms with Gasteiger partial charge in [-0.3, -0.25) is 4.79 Å².